The van der Waals surface area contributed by atoms with Gasteiger partial charge in [0.15, 0.2) is 0 Å². The Morgan fingerprint density at radius 2 is 1.90 bits per heavy atom. The van der Waals surface area contributed by atoms with E-state index in [1.807, 2.05) is 27.7 Å². The summed E-state index contributed by atoms with van der Waals surface area (Å²) in [4.78, 5) is 11.1. The number of esters is 1. The Morgan fingerprint density at radius 1 is 1.29 bits per heavy atom. The molecule has 122 valence electrons. The molecule has 21 heavy (non-hydrogen) atoms. The van der Waals surface area contributed by atoms with Gasteiger partial charge in [0.2, 0.25) is 5.09 Å². The van der Waals surface area contributed by atoms with Crippen LogP contribution in [0.25, 0.3) is 0 Å². The predicted molar refractivity (Wildman–Crippen MR) is 80.6 cm³/mol. The molecule has 6 nitrogen and oxygen atoms in total. The molecule has 1 aromatic rings. The molecule has 1 N–H and O–H groups in total. The molecule has 1 aliphatic heterocycles. The minimum Gasteiger partial charge on any atom is -0.464 e. The molecule has 1 aliphatic rings. The second kappa shape index (κ2) is 9.81. The molecule has 2 heterocycles. The van der Waals surface area contributed by atoms with Gasteiger partial charge in [-0.3, -0.25) is 4.79 Å². The van der Waals surface area contributed by atoms with Gasteiger partial charge in [-0.2, -0.15) is 4.72 Å². The molecule has 1 fully saturated rings. The molecule has 8 heteroatoms. The summed E-state index contributed by atoms with van der Waals surface area (Å²) in [6.07, 6.45) is 0.321. The molecule has 0 radical (unpaired) electrons. The standard InChI is InChI=1S/C9H10ClNO5S.2C2H6/c10-5-6-1-2-8(16-6)17(13,14)11-7-3-4-15-9(7)12;2*1-2/h1-2,7,11H,3-5H2;2*1-2H3/t7-;;/m0../s1. The van der Waals surface area contributed by atoms with E-state index in [0.29, 0.717) is 12.2 Å². The van der Waals surface area contributed by atoms with Crippen LogP contribution in [0.5, 0.6) is 0 Å². The van der Waals surface area contributed by atoms with Crippen LogP contribution < -0.4 is 4.72 Å². The van der Waals surface area contributed by atoms with Gasteiger partial charge in [-0.1, -0.05) is 27.7 Å². The number of nitrogens with one attached hydrogen (secondary N) is 1. The molecular weight excluding hydrogens is 318 g/mol. The van der Waals surface area contributed by atoms with Crippen molar-refractivity contribution < 1.29 is 22.4 Å². The zero-order chi connectivity index (χ0) is 16.5. The van der Waals surface area contributed by atoms with Crippen LogP contribution in [-0.4, -0.2) is 27.0 Å². The number of sulfonamides is 1. The molecule has 0 unspecified atom stereocenters. The molecule has 0 bridgehead atoms. The van der Waals surface area contributed by atoms with E-state index in [1.165, 1.54) is 12.1 Å². The third-order valence-corrected chi connectivity index (χ3v) is 3.87. The third-order valence-electron chi connectivity index (χ3n) is 2.27. The lowest BCUT2D eigenvalue weighted by Crippen LogP contribution is -2.37. The highest BCUT2D eigenvalue weighted by Crippen LogP contribution is 2.17. The molecule has 1 aromatic heterocycles. The molecule has 0 saturated carbocycles. The summed E-state index contributed by atoms with van der Waals surface area (Å²) in [7, 11) is -3.84. The van der Waals surface area contributed by atoms with Gasteiger partial charge in [0.05, 0.1) is 12.5 Å². The lowest BCUT2D eigenvalue weighted by Gasteiger charge is -2.07. The van der Waals surface area contributed by atoms with E-state index >= 15 is 0 Å². The number of furan rings is 1. The zero-order valence-electron chi connectivity index (χ0n) is 12.7. The van der Waals surface area contributed by atoms with Gasteiger partial charge in [0.25, 0.3) is 10.0 Å². The average molecular weight is 340 g/mol. The molecule has 0 amide bonds. The fraction of sp³-hybridized carbons (Fsp3) is 0.615. The van der Waals surface area contributed by atoms with Crippen LogP contribution in [0, 0.1) is 0 Å². The van der Waals surface area contributed by atoms with E-state index in [4.69, 9.17) is 16.0 Å². The largest absolute Gasteiger partial charge is 0.464 e. The van der Waals surface area contributed by atoms with Crippen LogP contribution in [-0.2, 0) is 25.4 Å². The molecule has 1 atom stereocenters. The Morgan fingerprint density at radius 3 is 2.33 bits per heavy atom. The number of carbonyl (C=O) groups is 1. The Hall–Kier alpha value is -1.05. The summed E-state index contributed by atoms with van der Waals surface area (Å²) in [6.45, 7) is 8.22. The first kappa shape index (κ1) is 19.9. The van der Waals surface area contributed by atoms with Crippen LogP contribution in [0.4, 0.5) is 0 Å². The lowest BCUT2D eigenvalue weighted by atomic mass is 10.3. The monoisotopic (exact) mass is 339 g/mol. The number of hydrogen-bond acceptors (Lipinski definition) is 5. The van der Waals surface area contributed by atoms with E-state index in [-0.39, 0.29) is 17.6 Å². The maximum absolute atomic E-state index is 11.8. The Kier molecular flexibility index (Phi) is 9.32. The van der Waals surface area contributed by atoms with Crippen molar-refractivity contribution in [3.63, 3.8) is 0 Å². The van der Waals surface area contributed by atoms with Crippen molar-refractivity contribution in [3.8, 4) is 0 Å². The van der Waals surface area contributed by atoms with Crippen LogP contribution >= 0.6 is 11.6 Å². The quantitative estimate of drug-likeness (QED) is 0.673. The van der Waals surface area contributed by atoms with Crippen molar-refractivity contribution in [2.75, 3.05) is 6.61 Å². The van der Waals surface area contributed by atoms with Crippen molar-refractivity contribution in [3.05, 3.63) is 17.9 Å². The topological polar surface area (TPSA) is 85.6 Å². The Balaban J connectivity index is 0.000000921. The molecule has 2 rings (SSSR count). The minimum absolute atomic E-state index is 0.0843. The van der Waals surface area contributed by atoms with Crippen LogP contribution in [0.1, 0.15) is 39.9 Å². The van der Waals surface area contributed by atoms with Gasteiger partial charge >= 0.3 is 5.97 Å². The van der Waals surface area contributed by atoms with Crippen molar-refractivity contribution in [2.24, 2.45) is 0 Å². The zero-order valence-corrected chi connectivity index (χ0v) is 14.3. The first-order valence-electron chi connectivity index (χ1n) is 6.86. The number of carbonyl (C=O) groups excluding carboxylic acids is 1. The minimum atomic E-state index is -3.84. The summed E-state index contributed by atoms with van der Waals surface area (Å²) in [6, 6.07) is 1.92. The number of ether oxygens (including phenoxy) is 1. The van der Waals surface area contributed by atoms with Crippen molar-refractivity contribution in [2.45, 2.75) is 51.1 Å². The van der Waals surface area contributed by atoms with Gasteiger partial charge in [-0.25, -0.2) is 8.42 Å². The lowest BCUT2D eigenvalue weighted by molar-refractivity contribution is -0.139. The maximum Gasteiger partial charge on any atom is 0.324 e. The summed E-state index contributed by atoms with van der Waals surface area (Å²) in [5.74, 6) is -0.139. The maximum atomic E-state index is 11.8. The van der Waals surface area contributed by atoms with E-state index in [9.17, 15) is 13.2 Å². The Bertz CT molecular complexity index is 526. The van der Waals surface area contributed by atoms with Crippen LogP contribution in [0.3, 0.4) is 0 Å². The van der Waals surface area contributed by atoms with Gasteiger partial charge < -0.3 is 9.15 Å². The van der Waals surface area contributed by atoms with Crippen molar-refractivity contribution in [1.29, 1.82) is 0 Å². The normalized spacial score (nSPS) is 17.2. The smallest absolute Gasteiger partial charge is 0.324 e. The van der Waals surface area contributed by atoms with Gasteiger partial charge in [0, 0.05) is 6.42 Å². The summed E-state index contributed by atoms with van der Waals surface area (Å²) in [5, 5.41) is -0.257. The molecule has 0 aromatic carbocycles. The predicted octanol–water partition coefficient (Wildman–Crippen LogP) is 2.66. The van der Waals surface area contributed by atoms with Crippen LogP contribution in [0.15, 0.2) is 21.6 Å². The molecule has 1 saturated heterocycles. The van der Waals surface area contributed by atoms with Gasteiger partial charge in [0.1, 0.15) is 11.8 Å². The van der Waals surface area contributed by atoms with E-state index in [2.05, 4.69) is 9.46 Å². The Labute approximate surface area is 130 Å². The highest BCUT2D eigenvalue weighted by molar-refractivity contribution is 7.89. The first-order valence-corrected chi connectivity index (χ1v) is 8.88. The summed E-state index contributed by atoms with van der Waals surface area (Å²) < 4.78 is 35.5. The summed E-state index contributed by atoms with van der Waals surface area (Å²) >= 11 is 5.50. The highest BCUT2D eigenvalue weighted by Gasteiger charge is 2.32. The van der Waals surface area contributed by atoms with E-state index in [0.717, 1.165) is 0 Å². The third kappa shape index (κ3) is 5.68. The fourth-order valence-corrected chi connectivity index (χ4v) is 2.74. The number of rotatable bonds is 4. The van der Waals surface area contributed by atoms with Gasteiger partial charge in [-0.05, 0) is 12.1 Å². The molecular formula is C13H22ClNO5S. The number of hydrogen-bond donors (Lipinski definition) is 1. The second-order valence-corrected chi connectivity index (χ2v) is 5.40. The molecule has 0 spiro atoms. The fourth-order valence-electron chi connectivity index (χ4n) is 1.42. The van der Waals surface area contributed by atoms with Gasteiger partial charge in [-0.15, -0.1) is 11.6 Å². The molecule has 0 aliphatic carbocycles. The summed E-state index contributed by atoms with van der Waals surface area (Å²) in [5.41, 5.74) is 0. The van der Waals surface area contributed by atoms with Crippen LogP contribution in [0.2, 0.25) is 0 Å². The van der Waals surface area contributed by atoms with Crippen molar-refractivity contribution >= 4 is 27.6 Å². The first-order chi connectivity index (χ1) is 10.0. The second-order valence-electron chi connectivity index (χ2n) is 3.48. The number of halogens is 1. The average Bonchev–Trinajstić information content (AvgIpc) is 3.13. The number of alkyl halides is 1. The number of cyclic esters (lactones) is 1. The highest BCUT2D eigenvalue weighted by atomic mass is 35.5. The van der Waals surface area contributed by atoms with E-state index < -0.39 is 22.0 Å². The van der Waals surface area contributed by atoms with Crippen molar-refractivity contribution in [1.82, 2.24) is 4.72 Å². The SMILES string of the molecule is CC.CC.O=C1OCC[C@@H]1NS(=O)(=O)c1ccc(CCl)o1. The van der Waals surface area contributed by atoms with E-state index in [1.54, 1.807) is 0 Å².